The smallest absolute Gasteiger partial charge is 0.289 e. The third-order valence-electron chi connectivity index (χ3n) is 6.60. The largest absolute Gasteiger partial charge is 0.396 e. The van der Waals surface area contributed by atoms with E-state index in [2.05, 4.69) is 25.5 Å². The van der Waals surface area contributed by atoms with E-state index in [0.29, 0.717) is 30.9 Å². The van der Waals surface area contributed by atoms with Crippen LogP contribution in [0.1, 0.15) is 52.4 Å². The number of aliphatic hydroxyl groups is 1. The van der Waals surface area contributed by atoms with Gasteiger partial charge in [0, 0.05) is 37.3 Å². The fourth-order valence-electron chi connectivity index (χ4n) is 4.59. The number of aliphatic hydroxyl groups excluding tert-OH is 1. The van der Waals surface area contributed by atoms with Crippen molar-refractivity contribution in [3.8, 4) is 0 Å². The molecule has 0 radical (unpaired) electrons. The number of fused-ring (bicyclic) bond motifs is 2. The van der Waals surface area contributed by atoms with Crippen LogP contribution in [-0.2, 0) is 23.1 Å². The maximum Gasteiger partial charge on any atom is 0.289 e. The Morgan fingerprint density at radius 3 is 2.70 bits per heavy atom. The van der Waals surface area contributed by atoms with E-state index in [1.807, 2.05) is 36.4 Å². The summed E-state index contributed by atoms with van der Waals surface area (Å²) in [7, 11) is 1.70. The highest BCUT2D eigenvalue weighted by atomic mass is 16.3. The van der Waals surface area contributed by atoms with Crippen LogP contribution in [0.2, 0.25) is 0 Å². The molecule has 9 heteroatoms. The quantitative estimate of drug-likeness (QED) is 0.527. The highest BCUT2D eigenvalue weighted by Crippen LogP contribution is 2.55. The molecule has 1 aliphatic carbocycles. The van der Waals surface area contributed by atoms with Crippen molar-refractivity contribution in [3.05, 3.63) is 70.9 Å². The molecule has 170 valence electrons. The minimum atomic E-state index is -0.660. The number of carbonyl (C=O) groups excluding carboxylic acids is 2. The summed E-state index contributed by atoms with van der Waals surface area (Å²) in [5.74, 6) is 0.684. The number of likely N-dealkylation sites (N-methyl/N-ethyl adjacent to an activating group) is 1. The molecule has 1 spiro atoms. The zero-order valence-electron chi connectivity index (χ0n) is 18.4. The number of H-pyrrole nitrogens is 1. The Morgan fingerprint density at radius 1 is 1.21 bits per heavy atom. The van der Waals surface area contributed by atoms with Gasteiger partial charge >= 0.3 is 0 Å². The van der Waals surface area contributed by atoms with Gasteiger partial charge in [0.15, 0.2) is 0 Å². The van der Waals surface area contributed by atoms with Gasteiger partial charge in [-0.3, -0.25) is 14.5 Å². The van der Waals surface area contributed by atoms with E-state index in [4.69, 9.17) is 5.11 Å². The fourth-order valence-corrected chi connectivity index (χ4v) is 4.59. The van der Waals surface area contributed by atoms with Crippen LogP contribution in [0.3, 0.4) is 0 Å². The average Bonchev–Trinajstić information content (AvgIpc) is 3.48. The summed E-state index contributed by atoms with van der Waals surface area (Å²) in [4.78, 5) is 35.0. The summed E-state index contributed by atoms with van der Waals surface area (Å²) >= 11 is 0. The molecule has 1 aromatic carbocycles. The molecular weight excluding hydrogens is 420 g/mol. The lowest BCUT2D eigenvalue weighted by atomic mass is 9.90. The molecule has 2 amide bonds. The summed E-state index contributed by atoms with van der Waals surface area (Å²) in [6.07, 6.45) is 5.29. The SMILES string of the molecule is CN1C(=O)C(NC(=O)c2nnc(Cc3ccc(CCO)cc3)[nH]2)CC2(CC2)c2cccnc21. The summed E-state index contributed by atoms with van der Waals surface area (Å²) in [5, 5.41) is 20.0. The van der Waals surface area contributed by atoms with Gasteiger partial charge in [-0.25, -0.2) is 4.98 Å². The second kappa shape index (κ2) is 8.40. The van der Waals surface area contributed by atoms with Gasteiger partial charge in [-0.1, -0.05) is 30.3 Å². The maximum atomic E-state index is 13.1. The molecule has 0 bridgehead atoms. The van der Waals surface area contributed by atoms with E-state index in [9.17, 15) is 9.59 Å². The van der Waals surface area contributed by atoms with E-state index in [1.165, 1.54) is 0 Å². The van der Waals surface area contributed by atoms with Crippen LogP contribution in [0.25, 0.3) is 0 Å². The van der Waals surface area contributed by atoms with Crippen LogP contribution in [-0.4, -0.2) is 56.8 Å². The molecule has 9 nitrogen and oxygen atoms in total. The van der Waals surface area contributed by atoms with Crippen molar-refractivity contribution in [2.45, 2.75) is 43.6 Å². The molecule has 1 atom stereocenters. The first-order chi connectivity index (χ1) is 16.0. The van der Waals surface area contributed by atoms with Crippen molar-refractivity contribution < 1.29 is 14.7 Å². The zero-order chi connectivity index (χ0) is 23.0. The minimum Gasteiger partial charge on any atom is -0.396 e. The molecule has 2 aliphatic rings. The third kappa shape index (κ3) is 4.11. The lowest BCUT2D eigenvalue weighted by Gasteiger charge is -2.21. The Labute approximate surface area is 191 Å². The lowest BCUT2D eigenvalue weighted by Crippen LogP contribution is -2.47. The fraction of sp³-hybridized carbons (Fsp3) is 0.375. The number of carbonyl (C=O) groups is 2. The number of pyridine rings is 1. The first-order valence-electron chi connectivity index (χ1n) is 11.1. The highest BCUT2D eigenvalue weighted by molar-refractivity contribution is 6.01. The number of aromatic nitrogens is 4. The minimum absolute atomic E-state index is 0.0853. The van der Waals surface area contributed by atoms with Crippen LogP contribution < -0.4 is 10.2 Å². The molecule has 1 saturated carbocycles. The first-order valence-corrected chi connectivity index (χ1v) is 11.1. The standard InChI is InChI=1S/C24H26N6O3/c1-30-21-17(3-2-11-25-21)24(9-10-24)14-18(23(30)33)26-22(32)20-27-19(28-29-20)13-16-6-4-15(5-7-16)8-12-31/h2-7,11,18,31H,8-10,12-14H2,1H3,(H,26,32)(H,27,28,29). The van der Waals surface area contributed by atoms with Crippen molar-refractivity contribution in [1.82, 2.24) is 25.5 Å². The molecule has 3 aromatic rings. The third-order valence-corrected chi connectivity index (χ3v) is 6.60. The Bertz CT molecular complexity index is 1180. The molecule has 1 fully saturated rings. The predicted molar refractivity (Wildman–Crippen MR) is 121 cm³/mol. The number of amides is 2. The predicted octanol–water partition coefficient (Wildman–Crippen LogP) is 1.52. The van der Waals surface area contributed by atoms with Crippen molar-refractivity contribution in [1.29, 1.82) is 0 Å². The Balaban J connectivity index is 1.28. The molecule has 5 rings (SSSR count). The second-order valence-corrected chi connectivity index (χ2v) is 8.87. The number of aromatic amines is 1. The zero-order valence-corrected chi connectivity index (χ0v) is 18.4. The van der Waals surface area contributed by atoms with Crippen molar-refractivity contribution >= 4 is 17.6 Å². The van der Waals surface area contributed by atoms with Crippen LogP contribution in [0.5, 0.6) is 0 Å². The van der Waals surface area contributed by atoms with Gasteiger partial charge in [-0.05, 0) is 42.9 Å². The van der Waals surface area contributed by atoms with E-state index in [-0.39, 0.29) is 23.8 Å². The molecule has 2 aromatic heterocycles. The highest BCUT2D eigenvalue weighted by Gasteiger charge is 2.52. The summed E-state index contributed by atoms with van der Waals surface area (Å²) < 4.78 is 0. The number of benzene rings is 1. The van der Waals surface area contributed by atoms with Crippen LogP contribution in [0.4, 0.5) is 5.82 Å². The monoisotopic (exact) mass is 446 g/mol. The number of nitrogens with zero attached hydrogens (tertiary/aromatic N) is 4. The van der Waals surface area contributed by atoms with Gasteiger partial charge in [0.2, 0.25) is 5.82 Å². The van der Waals surface area contributed by atoms with Gasteiger partial charge in [-0.2, -0.15) is 0 Å². The van der Waals surface area contributed by atoms with Crippen molar-refractivity contribution in [3.63, 3.8) is 0 Å². The second-order valence-electron chi connectivity index (χ2n) is 8.87. The van der Waals surface area contributed by atoms with Crippen molar-refractivity contribution in [2.24, 2.45) is 0 Å². The number of nitrogens with one attached hydrogen (secondary N) is 2. The molecule has 1 aliphatic heterocycles. The summed E-state index contributed by atoms with van der Waals surface area (Å²) in [5.41, 5.74) is 3.03. The first kappa shape index (κ1) is 21.3. The molecule has 0 saturated heterocycles. The van der Waals surface area contributed by atoms with Crippen molar-refractivity contribution in [2.75, 3.05) is 18.6 Å². The Hall–Kier alpha value is -3.59. The van der Waals surface area contributed by atoms with E-state index >= 15 is 0 Å². The Morgan fingerprint density at radius 2 is 1.97 bits per heavy atom. The lowest BCUT2D eigenvalue weighted by molar-refractivity contribution is -0.120. The van der Waals surface area contributed by atoms with Crippen LogP contribution >= 0.6 is 0 Å². The van der Waals surface area contributed by atoms with E-state index in [1.54, 1.807) is 18.1 Å². The van der Waals surface area contributed by atoms with Gasteiger partial charge in [-0.15, -0.1) is 10.2 Å². The van der Waals surface area contributed by atoms with Gasteiger partial charge < -0.3 is 15.4 Å². The molecular formula is C24H26N6O3. The average molecular weight is 447 g/mol. The molecule has 1 unspecified atom stereocenters. The van der Waals surface area contributed by atoms with Gasteiger partial charge in [0.25, 0.3) is 11.8 Å². The molecule has 33 heavy (non-hydrogen) atoms. The number of rotatable bonds is 6. The molecule has 3 N–H and O–H groups in total. The van der Waals surface area contributed by atoms with E-state index < -0.39 is 11.9 Å². The molecule has 3 heterocycles. The maximum absolute atomic E-state index is 13.1. The van der Waals surface area contributed by atoms with Crippen LogP contribution in [0, 0.1) is 0 Å². The normalized spacial score (nSPS) is 18.7. The number of hydrogen-bond acceptors (Lipinski definition) is 6. The summed E-state index contributed by atoms with van der Waals surface area (Å²) in [6.45, 7) is 0.114. The van der Waals surface area contributed by atoms with Crippen LogP contribution in [0.15, 0.2) is 42.6 Å². The van der Waals surface area contributed by atoms with Gasteiger partial charge in [0.05, 0.1) is 0 Å². The number of anilines is 1. The topological polar surface area (TPSA) is 124 Å². The Kier molecular flexibility index (Phi) is 5.41. The van der Waals surface area contributed by atoms with E-state index in [0.717, 1.165) is 29.5 Å². The summed E-state index contributed by atoms with van der Waals surface area (Å²) in [6, 6.07) is 11.1. The number of hydrogen-bond donors (Lipinski definition) is 3. The van der Waals surface area contributed by atoms with Gasteiger partial charge in [0.1, 0.15) is 17.7 Å².